The molecule has 0 saturated carbocycles. The average molecular weight is 279 g/mol. The lowest BCUT2D eigenvalue weighted by Crippen LogP contribution is -1.97. The second-order valence-electron chi connectivity index (χ2n) is 3.96. The monoisotopic (exact) mass is 279 g/mol. The summed E-state index contributed by atoms with van der Waals surface area (Å²) in [6.45, 7) is 1.84. The van der Waals surface area contributed by atoms with Crippen LogP contribution in [0.1, 0.15) is 11.3 Å². The molecule has 4 nitrogen and oxygen atoms in total. The zero-order valence-corrected chi connectivity index (χ0v) is 11.5. The number of nitrogens with zero attached hydrogens (tertiary/aromatic N) is 2. The summed E-state index contributed by atoms with van der Waals surface area (Å²) >= 11 is 1.35. The summed E-state index contributed by atoms with van der Waals surface area (Å²) in [4.78, 5) is 8.33. The number of aryl methyl sites for hydroxylation is 1. The summed E-state index contributed by atoms with van der Waals surface area (Å²) in [7, 11) is 1.51. The van der Waals surface area contributed by atoms with Gasteiger partial charge < -0.3 is 10.5 Å². The molecule has 6 heteroatoms. The highest BCUT2D eigenvalue weighted by atomic mass is 32.2. The van der Waals surface area contributed by atoms with E-state index in [1.54, 1.807) is 18.2 Å². The SMILES string of the molecule is COc1ccc(CSc2nc(C)cc(N)n2)c(F)c1. The Bertz CT molecular complexity index is 572. The van der Waals surface area contributed by atoms with Gasteiger partial charge in [-0.15, -0.1) is 0 Å². The molecule has 1 aromatic carbocycles. The van der Waals surface area contributed by atoms with Gasteiger partial charge in [-0.25, -0.2) is 14.4 Å². The first-order valence-electron chi connectivity index (χ1n) is 5.65. The Labute approximate surface area is 115 Å². The van der Waals surface area contributed by atoms with Crippen molar-refractivity contribution in [1.82, 2.24) is 9.97 Å². The third-order valence-corrected chi connectivity index (χ3v) is 3.37. The minimum atomic E-state index is -0.299. The summed E-state index contributed by atoms with van der Waals surface area (Å²) in [6.07, 6.45) is 0. The molecule has 2 rings (SSSR count). The first kappa shape index (κ1) is 13.6. The second kappa shape index (κ2) is 5.88. The van der Waals surface area contributed by atoms with Crippen molar-refractivity contribution in [3.05, 3.63) is 41.3 Å². The highest BCUT2D eigenvalue weighted by Gasteiger charge is 2.07. The molecule has 0 saturated heterocycles. The van der Waals surface area contributed by atoms with E-state index in [1.165, 1.54) is 24.9 Å². The Hall–Kier alpha value is -1.82. The zero-order valence-electron chi connectivity index (χ0n) is 10.7. The van der Waals surface area contributed by atoms with E-state index < -0.39 is 0 Å². The largest absolute Gasteiger partial charge is 0.497 e. The van der Waals surface area contributed by atoms with Gasteiger partial charge in [-0.2, -0.15) is 0 Å². The van der Waals surface area contributed by atoms with Gasteiger partial charge in [0.25, 0.3) is 0 Å². The fourth-order valence-corrected chi connectivity index (χ4v) is 2.44. The van der Waals surface area contributed by atoms with E-state index in [9.17, 15) is 4.39 Å². The first-order valence-corrected chi connectivity index (χ1v) is 6.63. The van der Waals surface area contributed by atoms with E-state index in [4.69, 9.17) is 10.5 Å². The van der Waals surface area contributed by atoms with Crippen molar-refractivity contribution in [1.29, 1.82) is 0 Å². The van der Waals surface area contributed by atoms with Crippen molar-refractivity contribution < 1.29 is 9.13 Å². The smallest absolute Gasteiger partial charge is 0.190 e. The molecule has 2 N–H and O–H groups in total. The number of hydrogen-bond donors (Lipinski definition) is 1. The van der Waals surface area contributed by atoms with Crippen LogP contribution in [0.15, 0.2) is 29.4 Å². The van der Waals surface area contributed by atoms with Crippen LogP contribution >= 0.6 is 11.8 Å². The average Bonchev–Trinajstić information content (AvgIpc) is 2.36. The van der Waals surface area contributed by atoms with Crippen LogP contribution in [0.25, 0.3) is 0 Å². The lowest BCUT2D eigenvalue weighted by Gasteiger charge is -2.06. The normalized spacial score (nSPS) is 10.5. The molecule has 0 amide bonds. The van der Waals surface area contributed by atoms with E-state index in [0.29, 0.717) is 28.0 Å². The number of halogens is 1. The van der Waals surface area contributed by atoms with Gasteiger partial charge >= 0.3 is 0 Å². The Morgan fingerprint density at radius 1 is 1.32 bits per heavy atom. The first-order chi connectivity index (χ1) is 9.08. The minimum Gasteiger partial charge on any atom is -0.497 e. The molecule has 0 radical (unpaired) electrons. The van der Waals surface area contributed by atoms with E-state index in [2.05, 4.69) is 9.97 Å². The molecule has 0 unspecified atom stereocenters. The molecule has 1 heterocycles. The molecule has 0 spiro atoms. The van der Waals surface area contributed by atoms with Crippen molar-refractivity contribution >= 4 is 17.6 Å². The van der Waals surface area contributed by atoms with Crippen LogP contribution in [0.5, 0.6) is 5.75 Å². The quantitative estimate of drug-likeness (QED) is 0.689. The van der Waals surface area contributed by atoms with Crippen LogP contribution < -0.4 is 10.5 Å². The van der Waals surface area contributed by atoms with Gasteiger partial charge in [-0.05, 0) is 18.6 Å². The second-order valence-corrected chi connectivity index (χ2v) is 4.91. The fourth-order valence-electron chi connectivity index (χ4n) is 1.54. The van der Waals surface area contributed by atoms with Gasteiger partial charge in [0.2, 0.25) is 0 Å². The molecule has 0 fully saturated rings. The summed E-state index contributed by atoms with van der Waals surface area (Å²) in [5.41, 5.74) is 7.02. The molecule has 1 aromatic heterocycles. The van der Waals surface area contributed by atoms with Crippen LogP contribution in [-0.2, 0) is 5.75 Å². The van der Waals surface area contributed by atoms with Gasteiger partial charge in [0.05, 0.1) is 7.11 Å². The molecule has 19 heavy (non-hydrogen) atoms. The molecule has 0 aliphatic heterocycles. The number of nitrogen functional groups attached to an aromatic ring is 1. The van der Waals surface area contributed by atoms with Crippen LogP contribution in [0.4, 0.5) is 10.2 Å². The topological polar surface area (TPSA) is 61.0 Å². The summed E-state index contributed by atoms with van der Waals surface area (Å²) < 4.78 is 18.7. The number of ether oxygens (including phenoxy) is 1. The molecule has 0 aliphatic carbocycles. The van der Waals surface area contributed by atoms with Gasteiger partial charge in [0, 0.05) is 23.6 Å². The van der Waals surface area contributed by atoms with Crippen molar-refractivity contribution in [3.8, 4) is 5.75 Å². The van der Waals surface area contributed by atoms with Gasteiger partial charge in [0.1, 0.15) is 17.4 Å². The van der Waals surface area contributed by atoms with Gasteiger partial charge in [-0.1, -0.05) is 17.8 Å². The van der Waals surface area contributed by atoms with E-state index in [-0.39, 0.29) is 5.82 Å². The predicted molar refractivity (Wildman–Crippen MR) is 73.7 cm³/mol. The third kappa shape index (κ3) is 3.57. The van der Waals surface area contributed by atoms with Crippen molar-refractivity contribution in [2.24, 2.45) is 0 Å². The van der Waals surface area contributed by atoms with Crippen molar-refractivity contribution in [2.75, 3.05) is 12.8 Å². The predicted octanol–water partition coefficient (Wildman–Crippen LogP) is 2.81. The Balaban J connectivity index is 2.10. The number of anilines is 1. The van der Waals surface area contributed by atoms with Crippen molar-refractivity contribution in [2.45, 2.75) is 17.8 Å². The molecular weight excluding hydrogens is 265 g/mol. The van der Waals surface area contributed by atoms with Crippen molar-refractivity contribution in [3.63, 3.8) is 0 Å². The standard InChI is InChI=1S/C13H14FN3OS/c1-8-5-12(15)17-13(16-8)19-7-9-3-4-10(18-2)6-11(9)14/h3-6H,7H2,1-2H3,(H2,15,16,17). The lowest BCUT2D eigenvalue weighted by molar-refractivity contribution is 0.411. The van der Waals surface area contributed by atoms with E-state index >= 15 is 0 Å². The Morgan fingerprint density at radius 3 is 2.74 bits per heavy atom. The summed E-state index contributed by atoms with van der Waals surface area (Å²) in [5, 5.41) is 0.549. The third-order valence-electron chi connectivity index (χ3n) is 2.47. The molecule has 0 bridgehead atoms. The number of nitrogens with two attached hydrogens (primary N) is 1. The number of hydrogen-bond acceptors (Lipinski definition) is 5. The minimum absolute atomic E-state index is 0.299. The Kier molecular flexibility index (Phi) is 4.21. The molecule has 2 aromatic rings. The maximum absolute atomic E-state index is 13.7. The Morgan fingerprint density at radius 2 is 2.11 bits per heavy atom. The van der Waals surface area contributed by atoms with E-state index in [1.807, 2.05) is 6.92 Å². The van der Waals surface area contributed by atoms with Crippen LogP contribution in [-0.4, -0.2) is 17.1 Å². The van der Waals surface area contributed by atoms with E-state index in [0.717, 1.165) is 5.69 Å². The molecule has 100 valence electrons. The number of aromatic nitrogens is 2. The number of rotatable bonds is 4. The maximum Gasteiger partial charge on any atom is 0.190 e. The number of benzene rings is 1. The lowest BCUT2D eigenvalue weighted by atomic mass is 10.2. The molecule has 0 atom stereocenters. The fraction of sp³-hybridized carbons (Fsp3) is 0.231. The van der Waals surface area contributed by atoms with Gasteiger partial charge in [0.15, 0.2) is 5.16 Å². The zero-order chi connectivity index (χ0) is 13.8. The highest BCUT2D eigenvalue weighted by molar-refractivity contribution is 7.98. The summed E-state index contributed by atoms with van der Waals surface area (Å²) in [6, 6.07) is 6.48. The maximum atomic E-state index is 13.7. The number of thioether (sulfide) groups is 1. The molecule has 0 aliphatic rings. The number of methoxy groups -OCH3 is 1. The van der Waals surface area contributed by atoms with Crippen LogP contribution in [0.2, 0.25) is 0 Å². The van der Waals surface area contributed by atoms with Crippen LogP contribution in [0, 0.1) is 12.7 Å². The summed E-state index contributed by atoms with van der Waals surface area (Å²) in [5.74, 6) is 1.07. The van der Waals surface area contributed by atoms with Crippen LogP contribution in [0.3, 0.4) is 0 Å². The molecular formula is C13H14FN3OS. The highest BCUT2D eigenvalue weighted by Crippen LogP contribution is 2.24. The van der Waals surface area contributed by atoms with Gasteiger partial charge in [-0.3, -0.25) is 0 Å².